The molecule has 168 valence electrons. The summed E-state index contributed by atoms with van der Waals surface area (Å²) in [5, 5.41) is 3.32. The fraction of sp³-hybridized carbons (Fsp3) is 0.435. The Balaban J connectivity index is 0.00000341. The zero-order valence-electron chi connectivity index (χ0n) is 18.6. The van der Waals surface area contributed by atoms with Crippen molar-refractivity contribution in [3.63, 3.8) is 0 Å². The average Bonchev–Trinajstić information content (AvgIpc) is 2.79. The molecular formula is C23H33IN6O. The number of amides is 1. The number of carbonyl (C=O) groups excluding carboxylic acids is 1. The van der Waals surface area contributed by atoms with Crippen LogP contribution in [0.2, 0.25) is 0 Å². The van der Waals surface area contributed by atoms with Gasteiger partial charge in [-0.15, -0.1) is 24.0 Å². The zero-order valence-corrected chi connectivity index (χ0v) is 21.0. The van der Waals surface area contributed by atoms with Gasteiger partial charge in [-0.1, -0.05) is 30.3 Å². The van der Waals surface area contributed by atoms with E-state index in [-0.39, 0.29) is 29.9 Å². The van der Waals surface area contributed by atoms with Gasteiger partial charge in [0.2, 0.25) is 5.91 Å². The highest BCUT2D eigenvalue weighted by Gasteiger charge is 2.21. The number of piperazine rings is 1. The second-order valence-electron chi connectivity index (χ2n) is 7.56. The van der Waals surface area contributed by atoms with Crippen LogP contribution in [0.1, 0.15) is 17.5 Å². The Morgan fingerprint density at radius 3 is 2.48 bits per heavy atom. The van der Waals surface area contributed by atoms with Crippen LogP contribution in [0, 0.1) is 6.92 Å². The van der Waals surface area contributed by atoms with Crippen molar-refractivity contribution in [3.05, 3.63) is 59.8 Å². The van der Waals surface area contributed by atoms with Gasteiger partial charge < -0.3 is 20.0 Å². The maximum absolute atomic E-state index is 12.6. The van der Waals surface area contributed by atoms with E-state index in [1.807, 2.05) is 42.4 Å². The first-order chi connectivity index (χ1) is 14.6. The van der Waals surface area contributed by atoms with Crippen molar-refractivity contribution in [2.45, 2.75) is 19.9 Å². The van der Waals surface area contributed by atoms with Gasteiger partial charge in [-0.3, -0.25) is 9.79 Å². The number of guanidine groups is 1. The third-order valence-corrected chi connectivity index (χ3v) is 5.47. The minimum absolute atomic E-state index is 0. The summed E-state index contributed by atoms with van der Waals surface area (Å²) in [6, 6.07) is 14.3. The Labute approximate surface area is 202 Å². The highest BCUT2D eigenvalue weighted by Crippen LogP contribution is 2.13. The van der Waals surface area contributed by atoms with E-state index in [1.54, 1.807) is 7.05 Å². The normalized spacial score (nSPS) is 14.1. The van der Waals surface area contributed by atoms with Gasteiger partial charge in [-0.25, -0.2) is 4.98 Å². The van der Waals surface area contributed by atoms with Crippen molar-refractivity contribution in [3.8, 4) is 0 Å². The molecule has 7 nitrogen and oxygen atoms in total. The van der Waals surface area contributed by atoms with Gasteiger partial charge in [0.05, 0.1) is 0 Å². The summed E-state index contributed by atoms with van der Waals surface area (Å²) in [4.78, 5) is 27.6. The SMILES string of the molecule is CN=C(NCCC(=O)N1CCN(c2ccccn2)CC1)N(C)Cc1ccccc1C.I. The fourth-order valence-corrected chi connectivity index (χ4v) is 3.67. The van der Waals surface area contributed by atoms with Crippen LogP contribution in [-0.2, 0) is 11.3 Å². The molecule has 0 radical (unpaired) electrons. The number of nitrogens with one attached hydrogen (secondary N) is 1. The van der Waals surface area contributed by atoms with Crippen LogP contribution in [0.4, 0.5) is 5.82 Å². The molecule has 2 aromatic rings. The summed E-state index contributed by atoms with van der Waals surface area (Å²) in [5.74, 6) is 1.96. The minimum Gasteiger partial charge on any atom is -0.356 e. The number of aliphatic imine (C=N–C) groups is 1. The molecule has 0 bridgehead atoms. The van der Waals surface area contributed by atoms with E-state index in [4.69, 9.17) is 0 Å². The van der Waals surface area contributed by atoms with Crippen molar-refractivity contribution in [2.75, 3.05) is 51.7 Å². The summed E-state index contributed by atoms with van der Waals surface area (Å²) in [6.45, 7) is 6.56. The van der Waals surface area contributed by atoms with Crippen LogP contribution in [0.5, 0.6) is 0 Å². The highest BCUT2D eigenvalue weighted by atomic mass is 127. The van der Waals surface area contributed by atoms with Crippen molar-refractivity contribution in [1.82, 2.24) is 20.1 Å². The Hall–Kier alpha value is -2.36. The van der Waals surface area contributed by atoms with E-state index in [0.29, 0.717) is 13.0 Å². The van der Waals surface area contributed by atoms with E-state index in [2.05, 4.69) is 50.2 Å². The van der Waals surface area contributed by atoms with Crippen LogP contribution in [-0.4, -0.2) is 73.5 Å². The molecule has 1 N–H and O–H groups in total. The van der Waals surface area contributed by atoms with Gasteiger partial charge >= 0.3 is 0 Å². The van der Waals surface area contributed by atoms with Crippen molar-refractivity contribution >= 4 is 41.7 Å². The highest BCUT2D eigenvalue weighted by molar-refractivity contribution is 14.0. The standard InChI is InChI=1S/C23H32N6O.HI/c1-19-8-4-5-9-20(19)18-27(3)23(24-2)26-13-11-22(30)29-16-14-28(15-17-29)21-10-6-7-12-25-21;/h4-10,12H,11,13-18H2,1-3H3,(H,24,26);1H. The molecule has 3 rings (SSSR count). The number of halogens is 1. The van der Waals surface area contributed by atoms with Crippen molar-refractivity contribution in [1.29, 1.82) is 0 Å². The molecule has 0 unspecified atom stereocenters. The quantitative estimate of drug-likeness (QED) is 0.350. The number of nitrogens with zero attached hydrogens (tertiary/aromatic N) is 5. The number of rotatable bonds is 6. The van der Waals surface area contributed by atoms with Gasteiger partial charge in [-0.05, 0) is 30.2 Å². The summed E-state index contributed by atoms with van der Waals surface area (Å²) in [6.07, 6.45) is 2.27. The van der Waals surface area contributed by atoms with Crippen molar-refractivity contribution in [2.24, 2.45) is 4.99 Å². The fourth-order valence-electron chi connectivity index (χ4n) is 3.67. The number of aryl methyl sites for hydroxylation is 1. The molecule has 1 aliphatic rings. The first-order valence-corrected chi connectivity index (χ1v) is 10.5. The number of carbonyl (C=O) groups is 1. The second-order valence-corrected chi connectivity index (χ2v) is 7.56. The third-order valence-electron chi connectivity index (χ3n) is 5.47. The average molecular weight is 536 g/mol. The van der Waals surface area contributed by atoms with E-state index >= 15 is 0 Å². The summed E-state index contributed by atoms with van der Waals surface area (Å²) < 4.78 is 0. The molecule has 1 amide bonds. The molecule has 2 heterocycles. The predicted molar refractivity (Wildman–Crippen MR) is 137 cm³/mol. The monoisotopic (exact) mass is 536 g/mol. The maximum Gasteiger partial charge on any atom is 0.224 e. The van der Waals surface area contributed by atoms with Gasteiger partial charge in [-0.2, -0.15) is 0 Å². The lowest BCUT2D eigenvalue weighted by Gasteiger charge is -2.35. The first-order valence-electron chi connectivity index (χ1n) is 10.5. The largest absolute Gasteiger partial charge is 0.356 e. The third kappa shape index (κ3) is 7.09. The van der Waals surface area contributed by atoms with E-state index in [1.165, 1.54) is 11.1 Å². The topological polar surface area (TPSA) is 64.1 Å². The maximum atomic E-state index is 12.6. The van der Waals surface area contributed by atoms with E-state index in [9.17, 15) is 4.79 Å². The lowest BCUT2D eigenvalue weighted by molar-refractivity contribution is -0.131. The molecule has 0 atom stereocenters. The Morgan fingerprint density at radius 1 is 1.13 bits per heavy atom. The lowest BCUT2D eigenvalue weighted by Crippen LogP contribution is -2.49. The van der Waals surface area contributed by atoms with E-state index in [0.717, 1.165) is 44.5 Å². The molecule has 0 spiro atoms. The molecule has 1 aromatic carbocycles. The number of benzene rings is 1. The van der Waals surface area contributed by atoms with Gasteiger partial charge in [0, 0.05) is 66.0 Å². The molecular weight excluding hydrogens is 503 g/mol. The lowest BCUT2D eigenvalue weighted by atomic mass is 10.1. The predicted octanol–water partition coefficient (Wildman–Crippen LogP) is 2.75. The Bertz CT molecular complexity index is 852. The van der Waals surface area contributed by atoms with E-state index < -0.39 is 0 Å². The van der Waals surface area contributed by atoms with Gasteiger partial charge in [0.1, 0.15) is 5.82 Å². The molecule has 31 heavy (non-hydrogen) atoms. The van der Waals surface area contributed by atoms with Crippen LogP contribution in [0.15, 0.2) is 53.7 Å². The molecule has 0 aliphatic carbocycles. The van der Waals surface area contributed by atoms with Crippen LogP contribution >= 0.6 is 24.0 Å². The Morgan fingerprint density at radius 2 is 1.84 bits per heavy atom. The number of aromatic nitrogens is 1. The smallest absolute Gasteiger partial charge is 0.224 e. The molecule has 1 aliphatic heterocycles. The molecule has 1 saturated heterocycles. The first kappa shape index (κ1) is 24.9. The summed E-state index contributed by atoms with van der Waals surface area (Å²) >= 11 is 0. The number of hydrogen-bond acceptors (Lipinski definition) is 4. The van der Waals surface area contributed by atoms with Crippen LogP contribution in [0.25, 0.3) is 0 Å². The number of pyridine rings is 1. The summed E-state index contributed by atoms with van der Waals surface area (Å²) in [5.41, 5.74) is 2.53. The molecule has 1 aromatic heterocycles. The molecule has 0 saturated carbocycles. The molecule has 8 heteroatoms. The number of anilines is 1. The van der Waals surface area contributed by atoms with Crippen molar-refractivity contribution < 1.29 is 4.79 Å². The van der Waals surface area contributed by atoms with Gasteiger partial charge in [0.25, 0.3) is 0 Å². The zero-order chi connectivity index (χ0) is 21.3. The number of hydrogen-bond donors (Lipinski definition) is 1. The minimum atomic E-state index is 0. The van der Waals surface area contributed by atoms with Crippen LogP contribution in [0.3, 0.4) is 0 Å². The second kappa shape index (κ2) is 12.5. The molecule has 1 fully saturated rings. The summed E-state index contributed by atoms with van der Waals surface area (Å²) in [7, 11) is 3.79. The van der Waals surface area contributed by atoms with Crippen LogP contribution < -0.4 is 10.2 Å². The van der Waals surface area contributed by atoms with Gasteiger partial charge in [0.15, 0.2) is 5.96 Å². The Kier molecular flexibility index (Phi) is 10.0.